The molecular formula is C22H18N4O5S. The molecule has 162 valence electrons. The van der Waals surface area contributed by atoms with Gasteiger partial charge in [0.05, 0.1) is 23.2 Å². The molecule has 0 aliphatic heterocycles. The van der Waals surface area contributed by atoms with Gasteiger partial charge in [0.15, 0.2) is 0 Å². The summed E-state index contributed by atoms with van der Waals surface area (Å²) < 4.78 is 6.60. The van der Waals surface area contributed by atoms with Crippen LogP contribution in [0.25, 0.3) is 21.3 Å². The molecule has 9 nitrogen and oxygen atoms in total. The third kappa shape index (κ3) is 4.35. The van der Waals surface area contributed by atoms with Gasteiger partial charge in [0, 0.05) is 28.8 Å². The fraction of sp³-hybridized carbons (Fsp3) is 0.136. The van der Waals surface area contributed by atoms with Crippen LogP contribution in [-0.2, 0) is 11.3 Å². The summed E-state index contributed by atoms with van der Waals surface area (Å²) in [6.45, 7) is 2.21. The number of carbonyl (C=O) groups excluding carboxylic acids is 1. The molecule has 0 unspecified atom stereocenters. The minimum absolute atomic E-state index is 0.0687. The van der Waals surface area contributed by atoms with Crippen molar-refractivity contribution in [3.63, 3.8) is 0 Å². The van der Waals surface area contributed by atoms with E-state index >= 15 is 0 Å². The van der Waals surface area contributed by atoms with Crippen molar-refractivity contribution in [3.05, 3.63) is 80.7 Å². The molecule has 0 saturated heterocycles. The first-order chi connectivity index (χ1) is 15.5. The number of nitrogens with one attached hydrogen (secondary N) is 1. The van der Waals surface area contributed by atoms with Crippen molar-refractivity contribution in [1.29, 1.82) is 0 Å². The van der Waals surface area contributed by atoms with Crippen LogP contribution in [0.3, 0.4) is 0 Å². The normalized spacial score (nSPS) is 10.8. The van der Waals surface area contributed by atoms with Gasteiger partial charge in [0.25, 0.3) is 11.2 Å². The van der Waals surface area contributed by atoms with Crippen molar-refractivity contribution in [3.8, 4) is 16.9 Å². The first-order valence-corrected chi connectivity index (χ1v) is 10.6. The van der Waals surface area contributed by atoms with Crippen molar-refractivity contribution in [1.82, 2.24) is 9.55 Å². The molecule has 0 bridgehead atoms. The molecule has 0 saturated carbocycles. The van der Waals surface area contributed by atoms with Gasteiger partial charge in [-0.1, -0.05) is 12.1 Å². The van der Waals surface area contributed by atoms with Gasteiger partial charge in [-0.25, -0.2) is 4.98 Å². The molecule has 0 fully saturated rings. The highest BCUT2D eigenvalue weighted by molar-refractivity contribution is 7.17. The lowest BCUT2D eigenvalue weighted by Gasteiger charge is -2.09. The highest BCUT2D eigenvalue weighted by Crippen LogP contribution is 2.32. The Morgan fingerprint density at radius 1 is 1.25 bits per heavy atom. The summed E-state index contributed by atoms with van der Waals surface area (Å²) in [6, 6.07) is 13.0. The molecule has 1 amide bonds. The van der Waals surface area contributed by atoms with Crippen molar-refractivity contribution in [2.24, 2.45) is 0 Å². The first kappa shape index (κ1) is 21.2. The lowest BCUT2D eigenvalue weighted by atomic mass is 10.1. The Labute approximate surface area is 186 Å². The van der Waals surface area contributed by atoms with E-state index in [-0.39, 0.29) is 23.7 Å². The molecule has 4 rings (SSSR count). The summed E-state index contributed by atoms with van der Waals surface area (Å²) >= 11 is 1.27. The fourth-order valence-corrected chi connectivity index (χ4v) is 4.14. The van der Waals surface area contributed by atoms with E-state index in [1.165, 1.54) is 34.4 Å². The molecule has 0 aliphatic carbocycles. The van der Waals surface area contributed by atoms with Gasteiger partial charge in [0.2, 0.25) is 5.91 Å². The maximum atomic E-state index is 13.1. The average molecular weight is 450 g/mol. The fourth-order valence-electron chi connectivity index (χ4n) is 3.24. The molecule has 0 atom stereocenters. The first-order valence-electron chi connectivity index (χ1n) is 9.70. The zero-order valence-electron chi connectivity index (χ0n) is 17.0. The third-order valence-corrected chi connectivity index (χ3v) is 5.58. The number of nitro groups is 1. The molecule has 0 radical (unpaired) electrons. The zero-order valence-corrected chi connectivity index (χ0v) is 17.8. The Morgan fingerprint density at radius 2 is 2.03 bits per heavy atom. The molecule has 10 heteroatoms. The number of thiophene rings is 1. The Bertz CT molecular complexity index is 1360. The minimum Gasteiger partial charge on any atom is -0.494 e. The molecule has 0 aliphatic rings. The van der Waals surface area contributed by atoms with Crippen LogP contribution < -0.4 is 15.6 Å². The number of nitro benzene ring substituents is 1. The van der Waals surface area contributed by atoms with Gasteiger partial charge in [-0.15, -0.1) is 11.3 Å². The summed E-state index contributed by atoms with van der Waals surface area (Å²) in [5.41, 5.74) is 1.21. The smallest absolute Gasteiger partial charge is 0.270 e. The lowest BCUT2D eigenvalue weighted by Crippen LogP contribution is -2.27. The number of benzene rings is 2. The van der Waals surface area contributed by atoms with Crippen LogP contribution in [0.15, 0.2) is 65.0 Å². The van der Waals surface area contributed by atoms with E-state index in [9.17, 15) is 19.7 Å². The standard InChI is InChI=1S/C22H18N4O5S/c1-2-31-17-8-6-15(7-9-17)24-19(27)11-25-13-23-21-20(22(25)28)18(12-32-21)14-4-3-5-16(10-14)26(29)30/h3-10,12-13H,2,11H2,1H3,(H,24,27). The Balaban J connectivity index is 1.60. The number of aromatic nitrogens is 2. The number of non-ortho nitro benzene ring substituents is 1. The molecule has 4 aromatic rings. The van der Waals surface area contributed by atoms with Gasteiger partial charge in [-0.05, 0) is 36.8 Å². The molecule has 2 aromatic heterocycles. The Hall–Kier alpha value is -4.05. The van der Waals surface area contributed by atoms with Gasteiger partial charge < -0.3 is 10.1 Å². The zero-order chi connectivity index (χ0) is 22.7. The van der Waals surface area contributed by atoms with Crippen molar-refractivity contribution < 1.29 is 14.5 Å². The molecule has 1 N–H and O–H groups in total. The van der Waals surface area contributed by atoms with E-state index in [4.69, 9.17) is 4.74 Å². The monoisotopic (exact) mass is 450 g/mol. The van der Waals surface area contributed by atoms with Crippen LogP contribution in [0.5, 0.6) is 5.75 Å². The second-order valence-electron chi connectivity index (χ2n) is 6.82. The molecule has 32 heavy (non-hydrogen) atoms. The van der Waals surface area contributed by atoms with Gasteiger partial charge in [-0.3, -0.25) is 24.3 Å². The van der Waals surface area contributed by atoms with E-state index in [0.717, 1.165) is 0 Å². The van der Waals surface area contributed by atoms with Crippen LogP contribution in [0.4, 0.5) is 11.4 Å². The number of nitrogens with zero attached hydrogens (tertiary/aromatic N) is 3. The maximum Gasteiger partial charge on any atom is 0.270 e. The van der Waals surface area contributed by atoms with E-state index in [0.29, 0.717) is 39.4 Å². The number of hydrogen-bond donors (Lipinski definition) is 1. The molecule has 2 heterocycles. The van der Waals surface area contributed by atoms with Crippen molar-refractivity contribution in [2.45, 2.75) is 13.5 Å². The summed E-state index contributed by atoms with van der Waals surface area (Å²) in [4.78, 5) is 41.0. The topological polar surface area (TPSA) is 116 Å². The Morgan fingerprint density at radius 3 is 2.75 bits per heavy atom. The number of rotatable bonds is 7. The molecule has 2 aromatic carbocycles. The summed E-state index contributed by atoms with van der Waals surface area (Å²) in [6.07, 6.45) is 1.33. The van der Waals surface area contributed by atoms with Crippen LogP contribution in [-0.4, -0.2) is 27.0 Å². The van der Waals surface area contributed by atoms with E-state index in [1.807, 2.05) is 6.92 Å². The van der Waals surface area contributed by atoms with Gasteiger partial charge in [-0.2, -0.15) is 0 Å². The number of amides is 1. The summed E-state index contributed by atoms with van der Waals surface area (Å²) in [5, 5.41) is 15.9. The van der Waals surface area contributed by atoms with Crippen LogP contribution in [0.1, 0.15) is 6.92 Å². The number of ether oxygens (including phenoxy) is 1. The predicted octanol–water partition coefficient (Wildman–Crippen LogP) is 4.07. The predicted molar refractivity (Wildman–Crippen MR) is 122 cm³/mol. The van der Waals surface area contributed by atoms with E-state index < -0.39 is 4.92 Å². The van der Waals surface area contributed by atoms with Gasteiger partial charge in [0.1, 0.15) is 17.1 Å². The highest BCUT2D eigenvalue weighted by Gasteiger charge is 2.16. The molecular weight excluding hydrogens is 432 g/mol. The van der Waals surface area contributed by atoms with E-state index in [1.54, 1.807) is 41.8 Å². The van der Waals surface area contributed by atoms with Crippen molar-refractivity contribution in [2.75, 3.05) is 11.9 Å². The average Bonchev–Trinajstić information content (AvgIpc) is 3.22. The minimum atomic E-state index is -0.486. The summed E-state index contributed by atoms with van der Waals surface area (Å²) in [5.74, 6) is 0.312. The number of anilines is 1. The largest absolute Gasteiger partial charge is 0.494 e. The second-order valence-corrected chi connectivity index (χ2v) is 7.68. The third-order valence-electron chi connectivity index (χ3n) is 4.69. The lowest BCUT2D eigenvalue weighted by molar-refractivity contribution is -0.384. The van der Waals surface area contributed by atoms with Crippen LogP contribution in [0.2, 0.25) is 0 Å². The SMILES string of the molecule is CCOc1ccc(NC(=O)Cn2cnc3scc(-c4cccc([N+](=O)[O-])c4)c3c2=O)cc1. The Kier molecular flexibility index (Phi) is 5.95. The molecule has 0 spiro atoms. The highest BCUT2D eigenvalue weighted by atomic mass is 32.1. The quantitative estimate of drug-likeness (QED) is 0.335. The van der Waals surface area contributed by atoms with Crippen molar-refractivity contribution >= 4 is 38.8 Å². The van der Waals surface area contributed by atoms with Crippen LogP contribution >= 0.6 is 11.3 Å². The van der Waals surface area contributed by atoms with Crippen LogP contribution in [0, 0.1) is 10.1 Å². The maximum absolute atomic E-state index is 13.1. The number of fused-ring (bicyclic) bond motifs is 1. The van der Waals surface area contributed by atoms with E-state index in [2.05, 4.69) is 10.3 Å². The van der Waals surface area contributed by atoms with Gasteiger partial charge >= 0.3 is 0 Å². The number of hydrogen-bond acceptors (Lipinski definition) is 7. The number of carbonyl (C=O) groups is 1. The summed E-state index contributed by atoms with van der Waals surface area (Å²) in [7, 11) is 0. The second kappa shape index (κ2) is 8.98.